The van der Waals surface area contributed by atoms with Crippen LogP contribution >= 0.6 is 11.3 Å². The normalized spacial score (nSPS) is 11.7. The minimum absolute atomic E-state index is 0.167. The number of thiophene rings is 1. The third-order valence-corrected chi connectivity index (χ3v) is 3.25. The predicted octanol–water partition coefficient (Wildman–Crippen LogP) is 0.750. The highest BCUT2D eigenvalue weighted by Gasteiger charge is 2.17. The van der Waals surface area contributed by atoms with E-state index in [2.05, 4.69) is 10.6 Å². The van der Waals surface area contributed by atoms with Gasteiger partial charge in [0.1, 0.15) is 10.9 Å². The van der Waals surface area contributed by atoms with E-state index in [0.29, 0.717) is 10.6 Å². The molecule has 0 saturated carbocycles. The van der Waals surface area contributed by atoms with E-state index in [9.17, 15) is 14.4 Å². The predicted molar refractivity (Wildman–Crippen MR) is 66.8 cm³/mol. The maximum atomic E-state index is 11.6. The van der Waals surface area contributed by atoms with Crippen LogP contribution in [0.2, 0.25) is 0 Å². The van der Waals surface area contributed by atoms with Gasteiger partial charge in [0.15, 0.2) is 0 Å². The second kappa shape index (κ2) is 5.50. The van der Waals surface area contributed by atoms with Gasteiger partial charge in [0.2, 0.25) is 5.91 Å². The molecule has 0 fully saturated rings. The first-order valence-corrected chi connectivity index (χ1v) is 5.83. The Morgan fingerprint density at radius 2 is 2.06 bits per heavy atom. The van der Waals surface area contributed by atoms with Crippen molar-refractivity contribution in [1.29, 1.82) is 0 Å². The number of carbonyl (C=O) groups is 3. The van der Waals surface area contributed by atoms with E-state index < -0.39 is 23.9 Å². The lowest BCUT2D eigenvalue weighted by molar-refractivity contribution is -0.117. The van der Waals surface area contributed by atoms with Crippen LogP contribution in [0, 0.1) is 6.92 Å². The summed E-state index contributed by atoms with van der Waals surface area (Å²) < 4.78 is 0. The lowest BCUT2D eigenvalue weighted by Crippen LogP contribution is -2.44. The van der Waals surface area contributed by atoms with Crippen LogP contribution in [-0.4, -0.2) is 29.1 Å². The number of hydrogen-bond donors (Lipinski definition) is 4. The van der Waals surface area contributed by atoms with E-state index in [1.165, 1.54) is 6.92 Å². The Bertz CT molecular complexity index is 497. The maximum Gasteiger partial charge on any atom is 0.346 e. The first kappa shape index (κ1) is 14.0. The standard InChI is InChI=1S/C10H13N3O4S/c1-4-3-6(18-7(4)9(15)16)13-8(14)5(2)12-10(11)17/h3,5H,1-2H3,(H,13,14)(H,15,16)(H3,11,12,17). The van der Waals surface area contributed by atoms with Crippen LogP contribution in [0.5, 0.6) is 0 Å². The number of nitrogens with one attached hydrogen (secondary N) is 2. The molecular weight excluding hydrogens is 258 g/mol. The summed E-state index contributed by atoms with van der Waals surface area (Å²) >= 11 is 0.957. The molecule has 98 valence electrons. The monoisotopic (exact) mass is 271 g/mol. The molecular formula is C10H13N3O4S. The zero-order valence-electron chi connectivity index (χ0n) is 9.81. The van der Waals surface area contributed by atoms with Gasteiger partial charge in [-0.2, -0.15) is 0 Å². The van der Waals surface area contributed by atoms with Crippen molar-refractivity contribution in [2.24, 2.45) is 5.73 Å². The molecule has 1 aromatic heterocycles. The third-order valence-electron chi connectivity index (χ3n) is 2.11. The molecule has 5 N–H and O–H groups in total. The van der Waals surface area contributed by atoms with E-state index in [0.717, 1.165) is 11.3 Å². The molecule has 1 atom stereocenters. The summed E-state index contributed by atoms with van der Waals surface area (Å²) in [4.78, 5) is 33.2. The maximum absolute atomic E-state index is 11.6. The third kappa shape index (κ3) is 3.45. The summed E-state index contributed by atoms with van der Waals surface area (Å²) in [7, 11) is 0. The van der Waals surface area contributed by atoms with Gasteiger partial charge in [-0.3, -0.25) is 4.79 Å². The van der Waals surface area contributed by atoms with Crippen molar-refractivity contribution in [2.45, 2.75) is 19.9 Å². The molecule has 0 aliphatic carbocycles. The smallest absolute Gasteiger partial charge is 0.346 e. The molecule has 0 aromatic carbocycles. The number of carbonyl (C=O) groups excluding carboxylic acids is 2. The quantitative estimate of drug-likeness (QED) is 0.645. The van der Waals surface area contributed by atoms with Crippen LogP contribution < -0.4 is 16.4 Å². The lowest BCUT2D eigenvalue weighted by Gasteiger charge is -2.10. The summed E-state index contributed by atoms with van der Waals surface area (Å²) in [6, 6.07) is -0.0346. The lowest BCUT2D eigenvalue weighted by atomic mass is 10.3. The van der Waals surface area contributed by atoms with Crippen LogP contribution in [-0.2, 0) is 4.79 Å². The Hall–Kier alpha value is -2.09. The fourth-order valence-electron chi connectivity index (χ4n) is 1.26. The molecule has 3 amide bonds. The molecule has 0 spiro atoms. The highest BCUT2D eigenvalue weighted by atomic mass is 32.1. The van der Waals surface area contributed by atoms with Crippen LogP contribution in [0.15, 0.2) is 6.07 Å². The summed E-state index contributed by atoms with van der Waals surface area (Å²) in [5, 5.41) is 14.0. The van der Waals surface area contributed by atoms with E-state index in [1.807, 2.05) is 0 Å². The van der Waals surface area contributed by atoms with Crippen molar-refractivity contribution in [3.63, 3.8) is 0 Å². The molecule has 1 unspecified atom stereocenters. The molecule has 0 bridgehead atoms. The van der Waals surface area contributed by atoms with Gasteiger partial charge in [-0.25, -0.2) is 9.59 Å². The van der Waals surface area contributed by atoms with Gasteiger partial charge in [-0.05, 0) is 25.5 Å². The van der Waals surface area contributed by atoms with Gasteiger partial charge in [0.05, 0.1) is 5.00 Å². The molecule has 0 aliphatic rings. The van der Waals surface area contributed by atoms with E-state index in [-0.39, 0.29) is 4.88 Å². The number of amides is 3. The summed E-state index contributed by atoms with van der Waals surface area (Å²) in [5.74, 6) is -1.51. The average molecular weight is 271 g/mol. The van der Waals surface area contributed by atoms with Crippen LogP contribution in [0.25, 0.3) is 0 Å². The van der Waals surface area contributed by atoms with Crippen molar-refractivity contribution in [3.8, 4) is 0 Å². The Labute approximate surface area is 107 Å². The van der Waals surface area contributed by atoms with Crippen LogP contribution in [0.4, 0.5) is 9.80 Å². The molecule has 8 heteroatoms. The first-order valence-electron chi connectivity index (χ1n) is 5.01. The fourth-order valence-corrected chi connectivity index (χ4v) is 2.18. The summed E-state index contributed by atoms with van der Waals surface area (Å²) in [6.45, 7) is 3.11. The molecule has 0 saturated heterocycles. The largest absolute Gasteiger partial charge is 0.477 e. The number of anilines is 1. The number of urea groups is 1. The van der Waals surface area contributed by atoms with Crippen LogP contribution in [0.1, 0.15) is 22.2 Å². The SMILES string of the molecule is Cc1cc(NC(=O)C(C)NC(N)=O)sc1C(=O)O. The Morgan fingerprint density at radius 1 is 1.44 bits per heavy atom. The molecule has 0 radical (unpaired) electrons. The van der Waals surface area contributed by atoms with E-state index >= 15 is 0 Å². The van der Waals surface area contributed by atoms with Crippen molar-refractivity contribution in [1.82, 2.24) is 5.32 Å². The zero-order valence-corrected chi connectivity index (χ0v) is 10.6. The number of aryl methyl sites for hydroxylation is 1. The minimum Gasteiger partial charge on any atom is -0.477 e. The Balaban J connectivity index is 2.73. The molecule has 18 heavy (non-hydrogen) atoms. The van der Waals surface area contributed by atoms with Crippen LogP contribution in [0.3, 0.4) is 0 Å². The highest BCUT2D eigenvalue weighted by Crippen LogP contribution is 2.26. The van der Waals surface area contributed by atoms with Gasteiger partial charge in [0, 0.05) is 0 Å². The van der Waals surface area contributed by atoms with Crippen molar-refractivity contribution in [2.75, 3.05) is 5.32 Å². The fraction of sp³-hybridized carbons (Fsp3) is 0.300. The molecule has 7 nitrogen and oxygen atoms in total. The topological polar surface area (TPSA) is 122 Å². The summed E-state index contributed by atoms with van der Waals surface area (Å²) in [5.41, 5.74) is 5.46. The number of aromatic carboxylic acids is 1. The number of primary amides is 1. The molecule has 0 aliphatic heterocycles. The summed E-state index contributed by atoms with van der Waals surface area (Å²) in [6.07, 6.45) is 0. The van der Waals surface area contributed by atoms with Crippen molar-refractivity contribution in [3.05, 3.63) is 16.5 Å². The van der Waals surface area contributed by atoms with Gasteiger partial charge in [-0.1, -0.05) is 0 Å². The van der Waals surface area contributed by atoms with Gasteiger partial charge in [0.25, 0.3) is 0 Å². The van der Waals surface area contributed by atoms with Crippen molar-refractivity contribution >= 4 is 34.2 Å². The average Bonchev–Trinajstić information content (AvgIpc) is 2.58. The van der Waals surface area contributed by atoms with Gasteiger partial charge in [-0.15, -0.1) is 11.3 Å². The van der Waals surface area contributed by atoms with Crippen molar-refractivity contribution < 1.29 is 19.5 Å². The van der Waals surface area contributed by atoms with E-state index in [4.69, 9.17) is 10.8 Å². The van der Waals surface area contributed by atoms with Gasteiger partial charge < -0.3 is 21.5 Å². The second-order valence-electron chi connectivity index (χ2n) is 3.65. The van der Waals surface area contributed by atoms with Gasteiger partial charge >= 0.3 is 12.0 Å². The second-order valence-corrected chi connectivity index (χ2v) is 4.70. The Morgan fingerprint density at radius 3 is 2.50 bits per heavy atom. The first-order chi connectivity index (χ1) is 8.31. The molecule has 1 rings (SSSR count). The minimum atomic E-state index is -1.04. The van der Waals surface area contributed by atoms with E-state index in [1.54, 1.807) is 13.0 Å². The zero-order chi connectivity index (χ0) is 13.9. The number of carboxylic acids is 1. The number of carboxylic acid groups (broad SMARTS) is 1. The number of hydrogen-bond acceptors (Lipinski definition) is 4. The molecule has 1 aromatic rings. The number of nitrogens with two attached hydrogens (primary N) is 1. The number of rotatable bonds is 4. The molecule has 1 heterocycles. The Kier molecular flexibility index (Phi) is 4.27. The highest BCUT2D eigenvalue weighted by molar-refractivity contribution is 7.18.